The number of fused-ring (bicyclic) bond motifs is 1. The normalized spacial score (nSPS) is 18.3. The fourth-order valence-corrected chi connectivity index (χ4v) is 6.24. The van der Waals surface area contributed by atoms with Gasteiger partial charge in [-0.05, 0) is 88.1 Å². The summed E-state index contributed by atoms with van der Waals surface area (Å²) in [5.74, 6) is 1.28. The summed E-state index contributed by atoms with van der Waals surface area (Å²) in [5.41, 5.74) is 2.91. The highest BCUT2D eigenvalue weighted by Crippen LogP contribution is 2.40. The van der Waals surface area contributed by atoms with E-state index in [1.165, 1.54) is 36.8 Å². The van der Waals surface area contributed by atoms with Crippen LogP contribution < -0.4 is 4.74 Å². The van der Waals surface area contributed by atoms with Gasteiger partial charge >= 0.3 is 0 Å². The lowest BCUT2D eigenvalue weighted by Gasteiger charge is -2.44. The summed E-state index contributed by atoms with van der Waals surface area (Å²) < 4.78 is 6.16. The van der Waals surface area contributed by atoms with Gasteiger partial charge in [0.25, 0.3) is 5.91 Å². The van der Waals surface area contributed by atoms with E-state index in [0.717, 1.165) is 56.3 Å². The maximum absolute atomic E-state index is 14.1. The van der Waals surface area contributed by atoms with Crippen molar-refractivity contribution in [1.82, 2.24) is 9.80 Å². The van der Waals surface area contributed by atoms with Crippen molar-refractivity contribution in [2.24, 2.45) is 5.41 Å². The molecule has 0 radical (unpaired) electrons. The first-order valence-electron chi connectivity index (χ1n) is 15.3. The number of aryl methyl sites for hydroxylation is 2. The molecular weight excluding hydrogens is 484 g/mol. The van der Waals surface area contributed by atoms with E-state index in [0.29, 0.717) is 26.2 Å². The first-order valence-corrected chi connectivity index (χ1v) is 15.3. The van der Waals surface area contributed by atoms with Crippen molar-refractivity contribution in [2.75, 3.05) is 26.2 Å². The minimum atomic E-state index is -0.401. The average molecular weight is 533 g/mol. The minimum absolute atomic E-state index is 0.0914. The first-order chi connectivity index (χ1) is 18.9. The zero-order valence-electron chi connectivity index (χ0n) is 24.4. The quantitative estimate of drug-likeness (QED) is 0.358. The number of hydrogen-bond acceptors (Lipinski definition) is 3. The predicted octanol–water partition coefficient (Wildman–Crippen LogP) is 7.07. The second-order valence-corrected chi connectivity index (χ2v) is 11.8. The molecule has 0 atom stereocenters. The Labute approximate surface area is 235 Å². The van der Waals surface area contributed by atoms with Crippen molar-refractivity contribution in [1.29, 1.82) is 0 Å². The Bertz CT molecular complexity index is 1070. The second kappa shape index (κ2) is 14.0. The highest BCUT2D eigenvalue weighted by atomic mass is 16.5. The second-order valence-electron chi connectivity index (χ2n) is 11.8. The molecule has 0 bridgehead atoms. The minimum Gasteiger partial charge on any atom is -0.491 e. The lowest BCUT2D eigenvalue weighted by Crippen LogP contribution is -2.53. The van der Waals surface area contributed by atoms with E-state index >= 15 is 0 Å². The molecule has 0 aromatic heterocycles. The van der Waals surface area contributed by atoms with Gasteiger partial charge in [0.05, 0.1) is 12.0 Å². The van der Waals surface area contributed by atoms with E-state index in [-0.39, 0.29) is 17.9 Å². The summed E-state index contributed by atoms with van der Waals surface area (Å²) >= 11 is 0. The summed E-state index contributed by atoms with van der Waals surface area (Å²) in [6, 6.07) is 16.6. The lowest BCUT2D eigenvalue weighted by molar-refractivity contribution is -0.148. The Morgan fingerprint density at radius 1 is 0.923 bits per heavy atom. The average Bonchev–Trinajstić information content (AvgIpc) is 2.95. The molecule has 1 spiro atoms. The van der Waals surface area contributed by atoms with Crippen LogP contribution in [-0.4, -0.2) is 53.9 Å². The van der Waals surface area contributed by atoms with E-state index in [1.807, 2.05) is 34.1 Å². The Morgan fingerprint density at radius 3 is 2.38 bits per heavy atom. The third-order valence-corrected chi connectivity index (χ3v) is 8.78. The van der Waals surface area contributed by atoms with Gasteiger partial charge in [0.15, 0.2) is 0 Å². The van der Waals surface area contributed by atoms with Crippen LogP contribution in [0.2, 0.25) is 0 Å². The molecule has 5 heteroatoms. The zero-order chi connectivity index (χ0) is 27.7. The summed E-state index contributed by atoms with van der Waals surface area (Å²) in [6.45, 7) is 8.77. The third kappa shape index (κ3) is 7.43. The molecule has 0 saturated carbocycles. The third-order valence-electron chi connectivity index (χ3n) is 8.78. The number of nitrogens with zero attached hydrogens (tertiary/aromatic N) is 2. The van der Waals surface area contributed by atoms with Gasteiger partial charge in [0.2, 0.25) is 5.91 Å². The van der Waals surface area contributed by atoms with Crippen LogP contribution in [-0.2, 0) is 17.6 Å². The van der Waals surface area contributed by atoms with Crippen molar-refractivity contribution in [2.45, 2.75) is 97.4 Å². The number of piperidine rings is 1. The molecule has 2 aromatic carbocycles. The number of carbonyl (C=O) groups is 2. The van der Waals surface area contributed by atoms with Gasteiger partial charge < -0.3 is 14.5 Å². The van der Waals surface area contributed by atoms with Crippen LogP contribution in [0.3, 0.4) is 0 Å². The van der Waals surface area contributed by atoms with Gasteiger partial charge in [0, 0.05) is 24.7 Å². The van der Waals surface area contributed by atoms with E-state index in [9.17, 15) is 9.59 Å². The number of amides is 2. The van der Waals surface area contributed by atoms with E-state index in [4.69, 9.17) is 4.74 Å². The standard InChI is InChI=1S/C34H48N2O3/c1-4-5-6-7-12-28-16-18-30(19-17-28)32(37)35-23-21-34(22-24-35)20-11-10-14-29-13-8-9-15-31(29)39-26-25-36(27(2)3)33(34)38/h8-9,13,15-19,27H,4-7,10-12,14,20-26H2,1-3H3. The highest BCUT2D eigenvalue weighted by molar-refractivity contribution is 5.94. The maximum atomic E-state index is 14.1. The Kier molecular flexibility index (Phi) is 10.5. The summed E-state index contributed by atoms with van der Waals surface area (Å²) in [7, 11) is 0. The number of para-hydroxylation sites is 1. The molecule has 2 aliphatic rings. The lowest BCUT2D eigenvalue weighted by atomic mass is 9.72. The molecule has 212 valence electrons. The number of ether oxygens (including phenoxy) is 1. The topological polar surface area (TPSA) is 49.9 Å². The molecule has 39 heavy (non-hydrogen) atoms. The van der Waals surface area contributed by atoms with Crippen LogP contribution in [0.15, 0.2) is 48.5 Å². The molecule has 2 amide bonds. The molecular formula is C34H48N2O3. The predicted molar refractivity (Wildman–Crippen MR) is 158 cm³/mol. The van der Waals surface area contributed by atoms with E-state index < -0.39 is 5.41 Å². The molecule has 1 fully saturated rings. The Morgan fingerprint density at radius 2 is 1.67 bits per heavy atom. The van der Waals surface area contributed by atoms with Crippen molar-refractivity contribution in [3.8, 4) is 5.75 Å². The van der Waals surface area contributed by atoms with Gasteiger partial charge in [-0.1, -0.05) is 62.9 Å². The molecule has 0 aliphatic carbocycles. The number of likely N-dealkylation sites (tertiary alicyclic amines) is 1. The number of rotatable bonds is 7. The van der Waals surface area contributed by atoms with Gasteiger partial charge in [-0.3, -0.25) is 9.59 Å². The number of carbonyl (C=O) groups excluding carboxylic acids is 2. The number of benzene rings is 2. The molecule has 0 N–H and O–H groups in total. The van der Waals surface area contributed by atoms with Crippen molar-refractivity contribution < 1.29 is 14.3 Å². The largest absolute Gasteiger partial charge is 0.491 e. The molecule has 1 saturated heterocycles. The van der Waals surface area contributed by atoms with Crippen LogP contribution in [0, 0.1) is 5.41 Å². The Balaban J connectivity index is 1.41. The number of hydrogen-bond donors (Lipinski definition) is 0. The van der Waals surface area contributed by atoms with Gasteiger partial charge in [0.1, 0.15) is 12.4 Å². The molecule has 0 unspecified atom stereocenters. The smallest absolute Gasteiger partial charge is 0.253 e. The Hall–Kier alpha value is -2.82. The molecule has 2 aromatic rings. The monoisotopic (exact) mass is 532 g/mol. The van der Waals surface area contributed by atoms with Crippen LogP contribution in [0.5, 0.6) is 5.75 Å². The summed E-state index contributed by atoms with van der Waals surface area (Å²) in [5, 5.41) is 0. The van der Waals surface area contributed by atoms with Gasteiger partial charge in [-0.2, -0.15) is 0 Å². The van der Waals surface area contributed by atoms with Crippen LogP contribution in [0.25, 0.3) is 0 Å². The fraction of sp³-hybridized carbons (Fsp3) is 0.588. The zero-order valence-corrected chi connectivity index (χ0v) is 24.4. The molecule has 2 heterocycles. The van der Waals surface area contributed by atoms with Gasteiger partial charge in [-0.15, -0.1) is 0 Å². The van der Waals surface area contributed by atoms with E-state index in [1.54, 1.807) is 0 Å². The maximum Gasteiger partial charge on any atom is 0.253 e. The highest BCUT2D eigenvalue weighted by Gasteiger charge is 2.44. The number of unbranched alkanes of at least 4 members (excludes halogenated alkanes) is 3. The SMILES string of the molecule is CCCCCCc1ccc(C(=O)N2CCC3(CCCCc4ccccc4OCCN(C(C)C)C3=O)CC2)cc1. The van der Waals surface area contributed by atoms with Gasteiger partial charge in [-0.25, -0.2) is 0 Å². The van der Waals surface area contributed by atoms with Crippen LogP contribution >= 0.6 is 0 Å². The molecule has 4 rings (SSSR count). The molecule has 5 nitrogen and oxygen atoms in total. The summed E-state index contributed by atoms with van der Waals surface area (Å²) in [6.07, 6.45) is 11.4. The van der Waals surface area contributed by atoms with Crippen molar-refractivity contribution in [3.63, 3.8) is 0 Å². The first kappa shape index (κ1) is 29.2. The van der Waals surface area contributed by atoms with Crippen molar-refractivity contribution >= 4 is 11.8 Å². The van der Waals surface area contributed by atoms with Crippen LogP contribution in [0.1, 0.15) is 100 Å². The van der Waals surface area contributed by atoms with Crippen LogP contribution in [0.4, 0.5) is 0 Å². The summed E-state index contributed by atoms with van der Waals surface area (Å²) in [4.78, 5) is 31.5. The van der Waals surface area contributed by atoms with Crippen molar-refractivity contribution in [3.05, 3.63) is 65.2 Å². The van der Waals surface area contributed by atoms with E-state index in [2.05, 4.69) is 45.0 Å². The molecule has 2 aliphatic heterocycles. The fourth-order valence-electron chi connectivity index (χ4n) is 6.24.